The minimum absolute atomic E-state index is 0. The van der Waals surface area contributed by atoms with Crippen LogP contribution in [-0.4, -0.2) is 19.3 Å². The Morgan fingerprint density at radius 3 is 2.30 bits per heavy atom. The molecule has 2 nitrogen and oxygen atoms in total. The van der Waals surface area contributed by atoms with Crippen molar-refractivity contribution in [3.63, 3.8) is 0 Å². The number of nitrogens with two attached hydrogens (primary N) is 1. The average molecular weight is 176 g/mol. The van der Waals surface area contributed by atoms with Gasteiger partial charge in [-0.2, -0.15) is 8.78 Å². The summed E-state index contributed by atoms with van der Waals surface area (Å²) >= 11 is 0. The normalized spacial score (nSPS) is 12.9. The zero-order chi connectivity index (χ0) is 7.28. The van der Waals surface area contributed by atoms with E-state index in [1.54, 1.807) is 6.92 Å². The number of rotatable bonds is 4. The van der Waals surface area contributed by atoms with Gasteiger partial charge in [-0.05, 0) is 13.3 Å². The predicted molar refractivity (Wildman–Crippen MR) is 37.5 cm³/mol. The van der Waals surface area contributed by atoms with Crippen LogP contribution >= 0.6 is 12.4 Å². The van der Waals surface area contributed by atoms with Crippen LogP contribution in [0.4, 0.5) is 8.78 Å². The summed E-state index contributed by atoms with van der Waals surface area (Å²) in [6.45, 7) is -0.881. The van der Waals surface area contributed by atoms with E-state index in [1.165, 1.54) is 0 Å². The number of hydrogen-bond acceptors (Lipinski definition) is 2. The Kier molecular flexibility index (Phi) is 9.13. The monoisotopic (exact) mass is 175 g/mol. The third kappa shape index (κ3) is 10.9. The molecule has 0 fully saturated rings. The van der Waals surface area contributed by atoms with Crippen molar-refractivity contribution in [2.75, 3.05) is 6.61 Å². The van der Waals surface area contributed by atoms with Gasteiger partial charge in [-0.3, -0.25) is 0 Å². The van der Waals surface area contributed by atoms with Crippen LogP contribution in [0.1, 0.15) is 13.3 Å². The second-order valence-electron chi connectivity index (χ2n) is 1.90. The van der Waals surface area contributed by atoms with E-state index < -0.39 is 6.61 Å². The van der Waals surface area contributed by atoms with E-state index in [1.807, 2.05) is 0 Å². The first-order valence-electron chi connectivity index (χ1n) is 2.78. The van der Waals surface area contributed by atoms with Gasteiger partial charge in [-0.1, -0.05) is 0 Å². The molecule has 0 aromatic rings. The summed E-state index contributed by atoms with van der Waals surface area (Å²) in [7, 11) is 0. The first-order valence-corrected chi connectivity index (χ1v) is 2.78. The highest BCUT2D eigenvalue weighted by atomic mass is 35.5. The van der Waals surface area contributed by atoms with Crippen LogP contribution in [0, 0.1) is 0 Å². The van der Waals surface area contributed by atoms with Crippen LogP contribution in [-0.2, 0) is 4.74 Å². The predicted octanol–water partition coefficient (Wildman–Crippen LogP) is 1.38. The van der Waals surface area contributed by atoms with E-state index in [4.69, 9.17) is 5.73 Å². The number of hydrogen-bond donors (Lipinski definition) is 1. The van der Waals surface area contributed by atoms with E-state index in [9.17, 15) is 8.78 Å². The van der Waals surface area contributed by atoms with Crippen molar-refractivity contribution in [1.29, 1.82) is 0 Å². The van der Waals surface area contributed by atoms with Crippen LogP contribution in [0.5, 0.6) is 0 Å². The maximum Gasteiger partial charge on any atom is 0.345 e. The van der Waals surface area contributed by atoms with Crippen molar-refractivity contribution in [2.45, 2.75) is 26.0 Å². The smallest absolute Gasteiger partial charge is 0.328 e. The molecular formula is C5H12ClF2NO. The van der Waals surface area contributed by atoms with Crippen molar-refractivity contribution in [2.24, 2.45) is 5.73 Å². The molecule has 5 heteroatoms. The SMILES string of the molecule is C[C@H](N)CCOC(F)F.Cl. The van der Waals surface area contributed by atoms with Crippen LogP contribution in [0.3, 0.4) is 0 Å². The minimum Gasteiger partial charge on any atom is -0.328 e. The summed E-state index contributed by atoms with van der Waals surface area (Å²) in [5, 5.41) is 0. The van der Waals surface area contributed by atoms with Gasteiger partial charge in [0.1, 0.15) is 0 Å². The number of alkyl halides is 2. The molecule has 0 aromatic heterocycles. The summed E-state index contributed by atoms with van der Waals surface area (Å²) in [6.07, 6.45) is 0.477. The van der Waals surface area contributed by atoms with Gasteiger partial charge in [0, 0.05) is 6.04 Å². The van der Waals surface area contributed by atoms with E-state index in [-0.39, 0.29) is 25.1 Å². The Morgan fingerprint density at radius 2 is 2.00 bits per heavy atom. The lowest BCUT2D eigenvalue weighted by molar-refractivity contribution is -0.129. The Labute approximate surface area is 65.1 Å². The van der Waals surface area contributed by atoms with Gasteiger partial charge in [0.05, 0.1) is 6.61 Å². The number of halogens is 3. The summed E-state index contributed by atoms with van der Waals surface area (Å²) in [4.78, 5) is 0. The maximum absolute atomic E-state index is 11.2. The van der Waals surface area contributed by atoms with Crippen molar-refractivity contribution in [3.8, 4) is 0 Å². The lowest BCUT2D eigenvalue weighted by Gasteiger charge is -2.03. The van der Waals surface area contributed by atoms with E-state index in [0.717, 1.165) is 0 Å². The van der Waals surface area contributed by atoms with Crippen LogP contribution in [0.2, 0.25) is 0 Å². The van der Waals surface area contributed by atoms with Gasteiger partial charge in [-0.25, -0.2) is 0 Å². The molecule has 0 aromatic carbocycles. The van der Waals surface area contributed by atoms with Crippen molar-refractivity contribution in [1.82, 2.24) is 0 Å². The minimum atomic E-state index is -2.66. The van der Waals surface area contributed by atoms with Gasteiger partial charge >= 0.3 is 6.61 Å². The molecule has 0 spiro atoms. The lowest BCUT2D eigenvalue weighted by atomic mass is 10.3. The molecule has 10 heavy (non-hydrogen) atoms. The summed E-state index contributed by atoms with van der Waals surface area (Å²) < 4.78 is 26.4. The Morgan fingerprint density at radius 1 is 1.50 bits per heavy atom. The van der Waals surface area contributed by atoms with Crippen molar-refractivity contribution in [3.05, 3.63) is 0 Å². The Hall–Kier alpha value is 0.0700. The molecule has 1 atom stereocenters. The highest BCUT2D eigenvalue weighted by Crippen LogP contribution is 1.96. The molecule has 64 valence electrons. The van der Waals surface area contributed by atoms with Crippen molar-refractivity contribution >= 4 is 12.4 Å². The van der Waals surface area contributed by atoms with Crippen LogP contribution < -0.4 is 5.73 Å². The standard InChI is InChI=1S/C5H11F2NO.ClH/c1-4(8)2-3-9-5(6)7;/h4-5H,2-3,8H2,1H3;1H/t4-;/m0./s1. The van der Waals surface area contributed by atoms with E-state index >= 15 is 0 Å². The molecule has 0 aliphatic heterocycles. The molecule has 0 saturated heterocycles. The fourth-order valence-corrected chi connectivity index (χ4v) is 0.343. The van der Waals surface area contributed by atoms with Gasteiger partial charge in [0.2, 0.25) is 0 Å². The average Bonchev–Trinajstić information content (AvgIpc) is 1.63. The molecular weight excluding hydrogens is 164 g/mol. The fourth-order valence-electron chi connectivity index (χ4n) is 0.343. The molecule has 0 aliphatic carbocycles. The zero-order valence-corrected chi connectivity index (χ0v) is 6.54. The van der Waals surface area contributed by atoms with Crippen molar-refractivity contribution < 1.29 is 13.5 Å². The molecule has 0 heterocycles. The van der Waals surface area contributed by atoms with Gasteiger partial charge < -0.3 is 10.5 Å². The second-order valence-corrected chi connectivity index (χ2v) is 1.90. The molecule has 0 unspecified atom stereocenters. The Balaban J connectivity index is 0. The van der Waals surface area contributed by atoms with E-state index in [2.05, 4.69) is 4.74 Å². The van der Waals surface area contributed by atoms with Gasteiger partial charge in [-0.15, -0.1) is 12.4 Å². The zero-order valence-electron chi connectivity index (χ0n) is 5.72. The summed E-state index contributed by atoms with van der Waals surface area (Å²) in [5.74, 6) is 0. The third-order valence-corrected chi connectivity index (χ3v) is 0.817. The number of ether oxygens (including phenoxy) is 1. The highest BCUT2D eigenvalue weighted by Gasteiger charge is 2.01. The van der Waals surface area contributed by atoms with E-state index in [0.29, 0.717) is 6.42 Å². The van der Waals surface area contributed by atoms with Gasteiger partial charge in [0.15, 0.2) is 0 Å². The quantitative estimate of drug-likeness (QED) is 0.701. The molecule has 2 N–H and O–H groups in total. The molecule has 0 amide bonds. The second kappa shape index (κ2) is 7.18. The largest absolute Gasteiger partial charge is 0.345 e. The maximum atomic E-state index is 11.2. The Bertz CT molecular complexity index is 64.7. The molecule has 0 bridgehead atoms. The molecule has 0 aliphatic rings. The first-order chi connectivity index (χ1) is 4.13. The summed E-state index contributed by atoms with van der Waals surface area (Å²) in [5.41, 5.74) is 5.25. The first kappa shape index (κ1) is 12.7. The molecule has 0 saturated carbocycles. The van der Waals surface area contributed by atoms with Crippen LogP contribution in [0.15, 0.2) is 0 Å². The molecule has 0 rings (SSSR count). The highest BCUT2D eigenvalue weighted by molar-refractivity contribution is 5.85. The lowest BCUT2D eigenvalue weighted by Crippen LogP contribution is -2.18. The third-order valence-electron chi connectivity index (χ3n) is 0.817. The topological polar surface area (TPSA) is 35.2 Å². The van der Waals surface area contributed by atoms with Gasteiger partial charge in [0.25, 0.3) is 0 Å². The fraction of sp³-hybridized carbons (Fsp3) is 1.00. The summed E-state index contributed by atoms with van der Waals surface area (Å²) in [6, 6.07) is -0.0660. The van der Waals surface area contributed by atoms with Crippen LogP contribution in [0.25, 0.3) is 0 Å². The molecule has 0 radical (unpaired) electrons.